The molecule has 0 aromatic carbocycles. The third-order valence-corrected chi connectivity index (χ3v) is 4.14. The lowest BCUT2D eigenvalue weighted by molar-refractivity contribution is 0.0690. The van der Waals surface area contributed by atoms with Gasteiger partial charge < -0.3 is 10.2 Å². The fraction of sp³-hybridized carbons (Fsp3) is 0.615. The Labute approximate surface area is 117 Å². The van der Waals surface area contributed by atoms with Crippen molar-refractivity contribution in [3.8, 4) is 0 Å². The van der Waals surface area contributed by atoms with Gasteiger partial charge in [0.1, 0.15) is 5.03 Å². The maximum atomic E-state index is 11.5. The summed E-state index contributed by atoms with van der Waals surface area (Å²) < 4.78 is 0. The van der Waals surface area contributed by atoms with E-state index in [1.807, 2.05) is 20.8 Å². The summed E-state index contributed by atoms with van der Waals surface area (Å²) in [6.07, 6.45) is 1.30. The first kappa shape index (κ1) is 15.9. The predicted octanol–water partition coefficient (Wildman–Crippen LogP) is 2.02. The Morgan fingerprint density at radius 2 is 2.00 bits per heavy atom. The van der Waals surface area contributed by atoms with Gasteiger partial charge in [-0.25, -0.2) is 4.79 Å². The van der Waals surface area contributed by atoms with E-state index in [-0.39, 0.29) is 18.1 Å². The molecule has 0 amide bonds. The Morgan fingerprint density at radius 3 is 2.47 bits per heavy atom. The van der Waals surface area contributed by atoms with Gasteiger partial charge in [-0.1, -0.05) is 20.8 Å². The number of rotatable bonds is 7. The molecule has 1 aromatic rings. The summed E-state index contributed by atoms with van der Waals surface area (Å²) in [6.45, 7) is 5.85. The van der Waals surface area contributed by atoms with Gasteiger partial charge in [0.2, 0.25) is 0 Å². The van der Waals surface area contributed by atoms with E-state index in [1.165, 1.54) is 11.8 Å². The molecule has 1 rings (SSSR count). The van der Waals surface area contributed by atoms with E-state index in [2.05, 4.69) is 10.2 Å². The third kappa shape index (κ3) is 3.91. The number of carboxylic acids is 1. The first-order valence-corrected chi connectivity index (χ1v) is 7.38. The Balaban J connectivity index is 3.13. The highest BCUT2D eigenvalue weighted by Crippen LogP contribution is 2.26. The van der Waals surface area contributed by atoms with E-state index in [1.54, 1.807) is 0 Å². The molecule has 2 N–H and O–H groups in total. The summed E-state index contributed by atoms with van der Waals surface area (Å²) in [5.74, 6) is -0.231. The lowest BCUT2D eigenvalue weighted by Crippen LogP contribution is -2.12. The Hall–Kier alpha value is -1.14. The van der Waals surface area contributed by atoms with Crippen LogP contribution in [0, 0.1) is 5.92 Å². The van der Waals surface area contributed by atoms with Crippen molar-refractivity contribution in [3.63, 3.8) is 0 Å². The molecule has 0 bridgehead atoms. The average molecular weight is 284 g/mol. The van der Waals surface area contributed by atoms with Crippen LogP contribution in [0.4, 0.5) is 0 Å². The van der Waals surface area contributed by atoms with Crippen LogP contribution in [0.2, 0.25) is 0 Å². The molecule has 0 saturated heterocycles. The smallest absolute Gasteiger partial charge is 0.338 e. The highest BCUT2D eigenvalue weighted by molar-refractivity contribution is 7.99. The SMILES string of the molecule is CCc1nnc(SCC(C)CO)c(C(=O)O)c1CC. The van der Waals surface area contributed by atoms with Crippen LogP contribution in [-0.4, -0.2) is 38.7 Å². The molecule has 0 saturated carbocycles. The van der Waals surface area contributed by atoms with Gasteiger partial charge in [-0.05, 0) is 24.3 Å². The van der Waals surface area contributed by atoms with Crippen molar-refractivity contribution in [3.05, 3.63) is 16.8 Å². The van der Waals surface area contributed by atoms with Crippen molar-refractivity contribution < 1.29 is 15.0 Å². The number of thioether (sulfide) groups is 1. The number of aromatic nitrogens is 2. The summed E-state index contributed by atoms with van der Waals surface area (Å²) >= 11 is 1.34. The lowest BCUT2D eigenvalue weighted by Gasteiger charge is -2.13. The molecule has 6 heteroatoms. The van der Waals surface area contributed by atoms with Gasteiger partial charge in [0.15, 0.2) is 0 Å². The number of carboxylic acid groups (broad SMARTS) is 1. The number of carbonyl (C=O) groups is 1. The number of hydrogen-bond acceptors (Lipinski definition) is 5. The van der Waals surface area contributed by atoms with Crippen LogP contribution in [-0.2, 0) is 12.8 Å². The molecular weight excluding hydrogens is 264 g/mol. The molecule has 19 heavy (non-hydrogen) atoms. The zero-order chi connectivity index (χ0) is 14.4. The van der Waals surface area contributed by atoms with Crippen molar-refractivity contribution in [2.24, 2.45) is 5.92 Å². The number of aromatic carboxylic acids is 1. The van der Waals surface area contributed by atoms with E-state index < -0.39 is 5.97 Å². The van der Waals surface area contributed by atoms with Crippen molar-refractivity contribution >= 4 is 17.7 Å². The predicted molar refractivity (Wildman–Crippen MR) is 74.7 cm³/mol. The van der Waals surface area contributed by atoms with Gasteiger partial charge in [0.05, 0.1) is 11.3 Å². The minimum absolute atomic E-state index is 0.0799. The molecule has 1 heterocycles. The second-order valence-electron chi connectivity index (χ2n) is 4.42. The van der Waals surface area contributed by atoms with Crippen LogP contribution >= 0.6 is 11.8 Å². The average Bonchev–Trinajstić information content (AvgIpc) is 2.42. The van der Waals surface area contributed by atoms with Gasteiger partial charge in [-0.3, -0.25) is 0 Å². The van der Waals surface area contributed by atoms with Crippen LogP contribution in [0.15, 0.2) is 5.03 Å². The van der Waals surface area contributed by atoms with Crippen LogP contribution in [0.3, 0.4) is 0 Å². The summed E-state index contributed by atoms with van der Waals surface area (Å²) in [7, 11) is 0. The van der Waals surface area contributed by atoms with E-state index >= 15 is 0 Å². The van der Waals surface area contributed by atoms with Gasteiger partial charge in [-0.2, -0.15) is 5.10 Å². The Kier molecular flexibility index (Phi) is 6.24. The van der Waals surface area contributed by atoms with Gasteiger partial charge >= 0.3 is 5.97 Å². The van der Waals surface area contributed by atoms with Crippen LogP contribution < -0.4 is 0 Å². The standard InChI is InChI=1S/C13H20N2O3S/c1-4-9-10(5-2)14-15-12(11(9)13(17)18)19-7-8(3)6-16/h8,16H,4-7H2,1-3H3,(H,17,18). The highest BCUT2D eigenvalue weighted by atomic mass is 32.2. The molecule has 0 fully saturated rings. The second-order valence-corrected chi connectivity index (χ2v) is 5.43. The molecule has 1 atom stereocenters. The largest absolute Gasteiger partial charge is 0.478 e. The van der Waals surface area contributed by atoms with Crippen LogP contribution in [0.25, 0.3) is 0 Å². The molecule has 0 aliphatic heterocycles. The number of nitrogens with zero attached hydrogens (tertiary/aromatic N) is 2. The summed E-state index contributed by atoms with van der Waals surface area (Å²) in [6, 6.07) is 0. The van der Waals surface area contributed by atoms with Crippen LogP contribution in [0.5, 0.6) is 0 Å². The normalized spacial score (nSPS) is 12.4. The topological polar surface area (TPSA) is 83.3 Å². The van der Waals surface area contributed by atoms with E-state index in [9.17, 15) is 9.90 Å². The van der Waals surface area contributed by atoms with Gasteiger partial charge in [0, 0.05) is 12.4 Å². The molecular formula is C13H20N2O3S. The minimum Gasteiger partial charge on any atom is -0.478 e. The van der Waals surface area contributed by atoms with Crippen LogP contribution in [0.1, 0.15) is 42.4 Å². The van der Waals surface area contributed by atoms with Gasteiger partial charge in [0.25, 0.3) is 0 Å². The molecule has 0 radical (unpaired) electrons. The van der Waals surface area contributed by atoms with Crippen molar-refractivity contribution in [2.45, 2.75) is 38.6 Å². The van der Waals surface area contributed by atoms with Crippen molar-refractivity contribution in [1.29, 1.82) is 0 Å². The van der Waals surface area contributed by atoms with E-state index in [0.717, 1.165) is 11.3 Å². The number of hydrogen-bond donors (Lipinski definition) is 2. The molecule has 0 aliphatic rings. The molecule has 106 valence electrons. The molecule has 0 aliphatic carbocycles. The van der Waals surface area contributed by atoms with E-state index in [4.69, 9.17) is 5.11 Å². The zero-order valence-corrected chi connectivity index (χ0v) is 12.3. The number of aliphatic hydroxyl groups is 1. The molecule has 1 aromatic heterocycles. The summed E-state index contributed by atoms with van der Waals surface area (Å²) in [5, 5.41) is 27.0. The number of aryl methyl sites for hydroxylation is 1. The zero-order valence-electron chi connectivity index (χ0n) is 11.5. The first-order chi connectivity index (χ1) is 9.04. The Bertz CT molecular complexity index is 452. The fourth-order valence-electron chi connectivity index (χ4n) is 1.75. The summed E-state index contributed by atoms with van der Waals surface area (Å²) in [5.41, 5.74) is 1.79. The quantitative estimate of drug-likeness (QED) is 0.745. The van der Waals surface area contributed by atoms with Crippen molar-refractivity contribution in [1.82, 2.24) is 10.2 Å². The van der Waals surface area contributed by atoms with E-state index in [0.29, 0.717) is 23.6 Å². The molecule has 0 spiro atoms. The third-order valence-electron chi connectivity index (χ3n) is 2.84. The molecule has 5 nitrogen and oxygen atoms in total. The Morgan fingerprint density at radius 1 is 1.32 bits per heavy atom. The fourth-order valence-corrected chi connectivity index (χ4v) is 2.75. The monoisotopic (exact) mass is 284 g/mol. The number of aliphatic hydroxyl groups excluding tert-OH is 1. The molecule has 1 unspecified atom stereocenters. The maximum absolute atomic E-state index is 11.5. The summed E-state index contributed by atoms with van der Waals surface area (Å²) in [4.78, 5) is 11.5. The van der Waals surface area contributed by atoms with Crippen molar-refractivity contribution in [2.75, 3.05) is 12.4 Å². The minimum atomic E-state index is -0.958. The highest BCUT2D eigenvalue weighted by Gasteiger charge is 2.20. The lowest BCUT2D eigenvalue weighted by atomic mass is 10.0. The first-order valence-electron chi connectivity index (χ1n) is 6.40. The second kappa shape index (κ2) is 7.45. The maximum Gasteiger partial charge on any atom is 0.338 e. The van der Waals surface area contributed by atoms with Gasteiger partial charge in [-0.15, -0.1) is 16.9 Å².